The molecule has 3 rings (SSSR count). The van der Waals surface area contributed by atoms with E-state index < -0.39 is 5.91 Å². The first-order valence-electron chi connectivity index (χ1n) is 7.40. The molecule has 0 radical (unpaired) electrons. The summed E-state index contributed by atoms with van der Waals surface area (Å²) in [7, 11) is 0. The normalized spacial score (nSPS) is 21.1. The second kappa shape index (κ2) is 6.55. The molecule has 0 aromatic carbocycles. The molecule has 1 fully saturated rings. The molecule has 3 N–H and O–H groups in total. The molecular weight excluding hydrogens is 318 g/mol. The highest BCUT2D eigenvalue weighted by molar-refractivity contribution is 6.29. The molecule has 0 saturated carbocycles. The largest absolute Gasteiger partial charge is 0.379 e. The van der Waals surface area contributed by atoms with Gasteiger partial charge in [-0.15, -0.1) is 0 Å². The summed E-state index contributed by atoms with van der Waals surface area (Å²) in [6.07, 6.45) is 4.20. The van der Waals surface area contributed by atoms with Gasteiger partial charge in [0.05, 0.1) is 24.5 Å². The number of nitrogens with zero attached hydrogens (tertiary/aromatic N) is 3. The van der Waals surface area contributed by atoms with Gasteiger partial charge >= 0.3 is 0 Å². The van der Waals surface area contributed by atoms with Crippen molar-refractivity contribution in [1.82, 2.24) is 14.8 Å². The number of primary amides is 1. The molecule has 3 heterocycles. The molecule has 0 aliphatic carbocycles. The van der Waals surface area contributed by atoms with Gasteiger partial charge in [-0.25, -0.2) is 4.98 Å². The maximum atomic E-state index is 11.7. The van der Waals surface area contributed by atoms with Crippen molar-refractivity contribution < 1.29 is 9.53 Å². The maximum Gasteiger partial charge on any atom is 0.254 e. The molecule has 1 aliphatic heterocycles. The van der Waals surface area contributed by atoms with Gasteiger partial charge in [-0.3, -0.25) is 9.48 Å². The lowest BCUT2D eigenvalue weighted by atomic mass is 9.97. The third-order valence-electron chi connectivity index (χ3n) is 3.99. The van der Waals surface area contributed by atoms with Crippen molar-refractivity contribution in [2.75, 3.05) is 18.5 Å². The van der Waals surface area contributed by atoms with Crippen molar-refractivity contribution in [1.29, 1.82) is 0 Å². The van der Waals surface area contributed by atoms with Crippen LogP contribution >= 0.6 is 11.6 Å². The molecule has 2 atom stereocenters. The third kappa shape index (κ3) is 3.46. The van der Waals surface area contributed by atoms with Crippen molar-refractivity contribution in [2.24, 2.45) is 11.7 Å². The van der Waals surface area contributed by atoms with Crippen molar-refractivity contribution in [2.45, 2.75) is 19.4 Å². The Morgan fingerprint density at radius 1 is 1.52 bits per heavy atom. The fourth-order valence-electron chi connectivity index (χ4n) is 2.59. The average Bonchev–Trinajstić information content (AvgIpc) is 2.94. The number of ether oxygens (including phenoxy) is 1. The number of hydrogen-bond acceptors (Lipinski definition) is 5. The Bertz CT molecular complexity index is 700. The molecule has 0 spiro atoms. The molecule has 0 bridgehead atoms. The summed E-state index contributed by atoms with van der Waals surface area (Å²) < 4.78 is 7.29. The van der Waals surface area contributed by atoms with E-state index in [0.717, 1.165) is 13.0 Å². The molecule has 2 aromatic heterocycles. The number of amides is 1. The zero-order valence-electron chi connectivity index (χ0n) is 12.7. The van der Waals surface area contributed by atoms with Gasteiger partial charge in [-0.05, 0) is 24.5 Å². The molecule has 0 unspecified atom stereocenters. The van der Waals surface area contributed by atoms with E-state index in [0.29, 0.717) is 34.7 Å². The predicted molar refractivity (Wildman–Crippen MR) is 86.9 cm³/mol. The number of anilines is 2. The average molecular weight is 336 g/mol. The van der Waals surface area contributed by atoms with Crippen LogP contribution in [-0.4, -0.2) is 33.9 Å². The van der Waals surface area contributed by atoms with Crippen LogP contribution < -0.4 is 11.1 Å². The number of aromatic nitrogens is 3. The smallest absolute Gasteiger partial charge is 0.254 e. The lowest BCUT2D eigenvalue weighted by Gasteiger charge is -2.28. The van der Waals surface area contributed by atoms with Gasteiger partial charge in [0, 0.05) is 12.8 Å². The summed E-state index contributed by atoms with van der Waals surface area (Å²) in [6, 6.07) is 3.49. The van der Waals surface area contributed by atoms with Gasteiger partial charge in [0.1, 0.15) is 10.7 Å². The Morgan fingerprint density at radius 3 is 3.00 bits per heavy atom. The number of nitrogens with one attached hydrogen (secondary N) is 1. The van der Waals surface area contributed by atoms with Crippen molar-refractivity contribution >= 4 is 29.0 Å². The Balaban J connectivity index is 1.89. The molecule has 1 saturated heterocycles. The fraction of sp³-hybridized carbons (Fsp3) is 0.400. The van der Waals surface area contributed by atoms with Crippen molar-refractivity contribution in [3.8, 4) is 0 Å². The van der Waals surface area contributed by atoms with Gasteiger partial charge in [0.2, 0.25) is 0 Å². The number of carbonyl (C=O) groups excluding carboxylic acids is 1. The summed E-state index contributed by atoms with van der Waals surface area (Å²) in [6.45, 7) is 3.47. The third-order valence-corrected chi connectivity index (χ3v) is 4.21. The van der Waals surface area contributed by atoms with E-state index in [2.05, 4.69) is 22.3 Å². The Hall–Kier alpha value is -2.12. The van der Waals surface area contributed by atoms with E-state index >= 15 is 0 Å². The highest BCUT2D eigenvalue weighted by Crippen LogP contribution is 2.28. The molecule has 1 aliphatic rings. The maximum absolute atomic E-state index is 11.7. The van der Waals surface area contributed by atoms with Crippen molar-refractivity contribution in [3.63, 3.8) is 0 Å². The van der Waals surface area contributed by atoms with E-state index in [9.17, 15) is 4.79 Å². The second-order valence-corrected chi connectivity index (χ2v) is 6.03. The first-order chi connectivity index (χ1) is 11.0. The number of pyridine rings is 1. The van der Waals surface area contributed by atoms with Crippen molar-refractivity contribution in [3.05, 3.63) is 35.2 Å². The van der Waals surface area contributed by atoms with E-state index in [1.165, 1.54) is 0 Å². The topological polar surface area (TPSA) is 95.1 Å². The summed E-state index contributed by atoms with van der Waals surface area (Å²) in [5, 5.41) is 7.94. The summed E-state index contributed by atoms with van der Waals surface area (Å²) in [5.74, 6) is 0.277. The lowest BCUT2D eigenvalue weighted by molar-refractivity contribution is 0.0238. The Morgan fingerprint density at radius 2 is 2.35 bits per heavy atom. The van der Waals surface area contributed by atoms with Crippen LogP contribution in [0.3, 0.4) is 0 Å². The van der Waals surface area contributed by atoms with Gasteiger partial charge in [0.15, 0.2) is 5.82 Å². The summed E-state index contributed by atoms with van der Waals surface area (Å²) in [5.41, 5.74) is 6.48. The monoisotopic (exact) mass is 335 g/mol. The molecule has 23 heavy (non-hydrogen) atoms. The van der Waals surface area contributed by atoms with Gasteiger partial charge in [0.25, 0.3) is 5.91 Å². The van der Waals surface area contributed by atoms with Gasteiger partial charge < -0.3 is 15.8 Å². The van der Waals surface area contributed by atoms with Gasteiger partial charge in [-0.2, -0.15) is 5.10 Å². The number of hydrogen-bond donors (Lipinski definition) is 2. The van der Waals surface area contributed by atoms with Crippen LogP contribution in [0.5, 0.6) is 0 Å². The minimum atomic E-state index is -0.537. The first-order valence-corrected chi connectivity index (χ1v) is 7.77. The summed E-state index contributed by atoms with van der Waals surface area (Å²) >= 11 is 5.77. The van der Waals surface area contributed by atoms with Gasteiger partial charge in [-0.1, -0.05) is 18.5 Å². The molecule has 8 heteroatoms. The Labute approximate surface area is 138 Å². The van der Waals surface area contributed by atoms with Crippen LogP contribution in [0.1, 0.15) is 29.7 Å². The molecule has 122 valence electrons. The molecular formula is C15H18ClN5O2. The highest BCUT2D eigenvalue weighted by Gasteiger charge is 2.26. The van der Waals surface area contributed by atoms with Crippen LogP contribution in [0.2, 0.25) is 5.15 Å². The van der Waals surface area contributed by atoms with Crippen LogP contribution in [0, 0.1) is 5.92 Å². The lowest BCUT2D eigenvalue weighted by Crippen LogP contribution is -2.28. The Kier molecular flexibility index (Phi) is 4.49. The van der Waals surface area contributed by atoms with Crippen LogP contribution in [0.15, 0.2) is 24.5 Å². The fourth-order valence-corrected chi connectivity index (χ4v) is 2.70. The minimum absolute atomic E-state index is 0.0840. The summed E-state index contributed by atoms with van der Waals surface area (Å²) in [4.78, 5) is 15.7. The van der Waals surface area contributed by atoms with E-state index in [-0.39, 0.29) is 6.04 Å². The molecule has 2 aromatic rings. The second-order valence-electron chi connectivity index (χ2n) is 5.64. The number of carbonyl (C=O) groups is 1. The highest BCUT2D eigenvalue weighted by atomic mass is 35.5. The van der Waals surface area contributed by atoms with Crippen LogP contribution in [0.4, 0.5) is 11.5 Å². The SMILES string of the molecule is C[C@H]1CCOC[C@@H]1n1cc(C(N)=O)c(Nc2ccc(Cl)nc2)n1. The number of rotatable bonds is 4. The zero-order chi connectivity index (χ0) is 16.4. The standard InChI is InChI=1S/C15H18ClN5O2/c1-9-4-5-23-8-12(9)21-7-11(14(17)22)15(20-21)19-10-2-3-13(16)18-6-10/h2-3,6-7,9,12H,4-5,8H2,1H3,(H2,17,22)(H,19,20)/t9-,12-/m0/s1. The first kappa shape index (κ1) is 15.8. The van der Waals surface area contributed by atoms with E-state index in [1.807, 2.05) is 0 Å². The van der Waals surface area contributed by atoms with E-state index in [4.69, 9.17) is 22.1 Å². The van der Waals surface area contributed by atoms with Crippen LogP contribution in [-0.2, 0) is 4.74 Å². The predicted octanol–water partition coefficient (Wildman–Crippen LogP) is 2.37. The van der Waals surface area contributed by atoms with E-state index in [1.54, 1.807) is 29.2 Å². The molecule has 1 amide bonds. The zero-order valence-corrected chi connectivity index (χ0v) is 13.5. The van der Waals surface area contributed by atoms with Crippen LogP contribution in [0.25, 0.3) is 0 Å². The molecule has 7 nitrogen and oxygen atoms in total. The number of halogens is 1. The number of nitrogens with two attached hydrogens (primary N) is 1. The quantitative estimate of drug-likeness (QED) is 0.836. The minimum Gasteiger partial charge on any atom is -0.379 e.